The van der Waals surface area contributed by atoms with Crippen LogP contribution in [0.4, 0.5) is 9.59 Å². The van der Waals surface area contributed by atoms with Crippen LogP contribution in [0.25, 0.3) is 0 Å². The molecule has 1 heterocycles. The van der Waals surface area contributed by atoms with Gasteiger partial charge in [-0.2, -0.15) is 0 Å². The minimum absolute atomic E-state index is 0.107. The van der Waals surface area contributed by atoms with Gasteiger partial charge in [0, 0.05) is 26.2 Å². The summed E-state index contributed by atoms with van der Waals surface area (Å²) in [5.74, 6) is 2.55. The van der Waals surface area contributed by atoms with E-state index in [9.17, 15) is 14.4 Å². The highest BCUT2D eigenvalue weighted by Crippen LogP contribution is 2.61. The molecule has 0 radical (unpaired) electrons. The molecule has 1 saturated heterocycles. The van der Waals surface area contributed by atoms with Crippen LogP contribution in [-0.4, -0.2) is 72.8 Å². The molecule has 0 aromatic heterocycles. The first kappa shape index (κ1) is 23.2. The predicted molar refractivity (Wildman–Crippen MR) is 119 cm³/mol. The Morgan fingerprint density at radius 3 is 1.97 bits per heavy atom. The van der Waals surface area contributed by atoms with E-state index in [1.165, 1.54) is 38.5 Å². The van der Waals surface area contributed by atoms with Gasteiger partial charge in [0.15, 0.2) is 0 Å². The van der Waals surface area contributed by atoms with Crippen molar-refractivity contribution in [3.05, 3.63) is 0 Å². The van der Waals surface area contributed by atoms with Gasteiger partial charge in [0.2, 0.25) is 5.91 Å². The first-order chi connectivity index (χ1) is 15.1. The van der Waals surface area contributed by atoms with Gasteiger partial charge < -0.3 is 24.6 Å². The summed E-state index contributed by atoms with van der Waals surface area (Å²) in [4.78, 5) is 39.9. The number of carbonyl (C=O) groups is 3. The Bertz CT molecular complexity index is 688. The molecule has 0 unspecified atom stereocenters. The topological polar surface area (TPSA) is 88.2 Å². The van der Waals surface area contributed by atoms with Gasteiger partial charge in [-0.3, -0.25) is 4.79 Å². The number of ether oxygens (including phenoxy) is 2. The standard InChI is InChI=1S/C24H39N3O5/c1-23(2,3)32-21(29)25-16-20(28)26-5-7-27(8-6-26)22(30)31-9-4-24-13-17-10-18(14-24)12-19(11-17)15-24/h17-19H,4-16H2,1-3H3,(H,25,29). The third-order valence-corrected chi connectivity index (χ3v) is 7.70. The van der Waals surface area contributed by atoms with E-state index in [-0.39, 0.29) is 18.5 Å². The summed E-state index contributed by atoms with van der Waals surface area (Å²) < 4.78 is 10.8. The summed E-state index contributed by atoms with van der Waals surface area (Å²) in [6.45, 7) is 7.51. The van der Waals surface area contributed by atoms with Crippen LogP contribution in [0.3, 0.4) is 0 Å². The Labute approximate surface area is 191 Å². The van der Waals surface area contributed by atoms with Crippen molar-refractivity contribution in [1.29, 1.82) is 0 Å². The molecule has 8 nitrogen and oxygen atoms in total. The number of carbonyl (C=O) groups excluding carboxylic acids is 3. The van der Waals surface area contributed by atoms with Crippen molar-refractivity contribution in [2.45, 2.75) is 71.3 Å². The van der Waals surface area contributed by atoms with E-state index in [0.29, 0.717) is 38.2 Å². The number of piperazine rings is 1. The summed E-state index contributed by atoms with van der Waals surface area (Å²) in [5.41, 5.74) is -0.184. The van der Waals surface area contributed by atoms with E-state index < -0.39 is 11.7 Å². The average molecular weight is 450 g/mol. The summed E-state index contributed by atoms with van der Waals surface area (Å²) in [6, 6.07) is 0. The van der Waals surface area contributed by atoms with Crippen molar-refractivity contribution in [3.63, 3.8) is 0 Å². The monoisotopic (exact) mass is 449 g/mol. The highest BCUT2D eigenvalue weighted by atomic mass is 16.6. The van der Waals surface area contributed by atoms with Crippen molar-refractivity contribution in [2.75, 3.05) is 39.3 Å². The third kappa shape index (κ3) is 5.67. The lowest BCUT2D eigenvalue weighted by Gasteiger charge is -2.57. The van der Waals surface area contributed by atoms with Crippen molar-refractivity contribution in [3.8, 4) is 0 Å². The minimum Gasteiger partial charge on any atom is -0.449 e. The van der Waals surface area contributed by atoms with Crippen LogP contribution in [0.1, 0.15) is 65.7 Å². The Morgan fingerprint density at radius 2 is 1.44 bits per heavy atom. The summed E-state index contributed by atoms with van der Waals surface area (Å²) in [6.07, 6.45) is 8.38. The van der Waals surface area contributed by atoms with Gasteiger partial charge in [-0.05, 0) is 88.9 Å². The van der Waals surface area contributed by atoms with Crippen molar-refractivity contribution in [1.82, 2.24) is 15.1 Å². The molecule has 3 amide bonds. The zero-order valence-electron chi connectivity index (χ0n) is 19.9. The average Bonchev–Trinajstić information content (AvgIpc) is 2.69. The van der Waals surface area contributed by atoms with Crippen LogP contribution >= 0.6 is 0 Å². The lowest BCUT2D eigenvalue weighted by Crippen LogP contribution is -2.53. The number of hydrogen-bond acceptors (Lipinski definition) is 5. The van der Waals surface area contributed by atoms with E-state index in [1.54, 1.807) is 30.6 Å². The number of amides is 3. The fraction of sp³-hybridized carbons (Fsp3) is 0.875. The molecule has 32 heavy (non-hydrogen) atoms. The highest BCUT2D eigenvalue weighted by molar-refractivity contribution is 5.82. The predicted octanol–water partition coefficient (Wildman–Crippen LogP) is 3.40. The third-order valence-electron chi connectivity index (χ3n) is 7.70. The zero-order valence-corrected chi connectivity index (χ0v) is 19.9. The number of alkyl carbamates (subject to hydrolysis) is 1. The van der Waals surface area contributed by atoms with Gasteiger partial charge in [-0.15, -0.1) is 0 Å². The molecule has 4 aliphatic carbocycles. The SMILES string of the molecule is CC(C)(C)OC(=O)NCC(=O)N1CCN(C(=O)OCCC23CC4CC(CC(C4)C2)C3)CC1. The molecule has 5 aliphatic rings. The fourth-order valence-corrected chi connectivity index (χ4v) is 6.75. The first-order valence-corrected chi connectivity index (χ1v) is 12.3. The number of nitrogens with one attached hydrogen (secondary N) is 1. The molecule has 0 atom stereocenters. The Hall–Kier alpha value is -1.99. The molecular weight excluding hydrogens is 410 g/mol. The molecular formula is C24H39N3O5. The lowest BCUT2D eigenvalue weighted by molar-refractivity contribution is -0.131. The summed E-state index contributed by atoms with van der Waals surface area (Å²) in [5, 5.41) is 2.49. The molecule has 0 spiro atoms. The highest BCUT2D eigenvalue weighted by Gasteiger charge is 2.50. The van der Waals surface area contributed by atoms with Gasteiger partial charge >= 0.3 is 12.2 Å². The van der Waals surface area contributed by atoms with Gasteiger partial charge in [-0.25, -0.2) is 9.59 Å². The largest absolute Gasteiger partial charge is 0.449 e. The molecule has 0 aromatic rings. The molecule has 1 N–H and O–H groups in total. The maximum absolute atomic E-state index is 12.5. The van der Waals surface area contributed by atoms with Crippen LogP contribution in [-0.2, 0) is 14.3 Å². The smallest absolute Gasteiger partial charge is 0.409 e. The Morgan fingerprint density at radius 1 is 0.906 bits per heavy atom. The first-order valence-electron chi connectivity index (χ1n) is 12.3. The molecule has 4 saturated carbocycles. The van der Waals surface area contributed by atoms with Gasteiger partial charge in [0.05, 0.1) is 6.61 Å². The van der Waals surface area contributed by atoms with E-state index in [2.05, 4.69) is 5.32 Å². The van der Waals surface area contributed by atoms with Gasteiger partial charge in [0.25, 0.3) is 0 Å². The van der Waals surface area contributed by atoms with Crippen LogP contribution in [0.2, 0.25) is 0 Å². The second-order valence-corrected chi connectivity index (χ2v) is 11.5. The molecule has 4 bridgehead atoms. The quantitative estimate of drug-likeness (QED) is 0.695. The molecule has 0 aromatic carbocycles. The minimum atomic E-state index is -0.605. The van der Waals surface area contributed by atoms with Crippen LogP contribution in [0, 0.1) is 23.2 Å². The lowest BCUT2D eigenvalue weighted by atomic mass is 9.49. The van der Waals surface area contributed by atoms with Crippen molar-refractivity contribution < 1.29 is 23.9 Å². The van der Waals surface area contributed by atoms with Crippen LogP contribution in [0.5, 0.6) is 0 Å². The van der Waals surface area contributed by atoms with E-state index in [4.69, 9.17) is 9.47 Å². The molecule has 5 fully saturated rings. The Balaban J connectivity index is 1.14. The van der Waals surface area contributed by atoms with Crippen molar-refractivity contribution in [2.24, 2.45) is 23.2 Å². The van der Waals surface area contributed by atoms with Crippen LogP contribution < -0.4 is 5.32 Å². The molecule has 5 rings (SSSR count). The van der Waals surface area contributed by atoms with E-state index >= 15 is 0 Å². The second kappa shape index (κ2) is 9.10. The molecule has 8 heteroatoms. The van der Waals surface area contributed by atoms with Gasteiger partial charge in [-0.1, -0.05) is 0 Å². The fourth-order valence-electron chi connectivity index (χ4n) is 6.75. The van der Waals surface area contributed by atoms with Crippen molar-refractivity contribution >= 4 is 18.1 Å². The normalized spacial score (nSPS) is 31.4. The maximum atomic E-state index is 12.5. The molecule has 180 valence electrons. The molecule has 1 aliphatic heterocycles. The second-order valence-electron chi connectivity index (χ2n) is 11.5. The van der Waals surface area contributed by atoms with Gasteiger partial charge in [0.1, 0.15) is 12.1 Å². The van der Waals surface area contributed by atoms with E-state index in [1.807, 2.05) is 0 Å². The summed E-state index contributed by atoms with van der Waals surface area (Å²) >= 11 is 0. The number of rotatable bonds is 5. The number of nitrogens with zero attached hydrogens (tertiary/aromatic N) is 2. The maximum Gasteiger partial charge on any atom is 0.409 e. The number of hydrogen-bond donors (Lipinski definition) is 1. The zero-order chi connectivity index (χ0) is 22.9. The van der Waals surface area contributed by atoms with E-state index in [0.717, 1.165) is 24.2 Å². The summed E-state index contributed by atoms with van der Waals surface area (Å²) in [7, 11) is 0. The van der Waals surface area contributed by atoms with Crippen LogP contribution in [0.15, 0.2) is 0 Å². The Kier molecular flexibility index (Phi) is 6.59.